The molecule has 0 aliphatic heterocycles. The predicted molar refractivity (Wildman–Crippen MR) is 74.1 cm³/mol. The minimum atomic E-state index is 0.584. The standard InChI is InChI=1S/C15H13N3/c1-10-7-13(9-18-15(10)16)11-4-5-14-12(8-11)3-2-6-17-14/h2-9H,1H3,(H2,16,18). The zero-order valence-electron chi connectivity index (χ0n) is 10.1. The van der Waals surface area contributed by atoms with E-state index in [1.54, 1.807) is 12.4 Å². The lowest BCUT2D eigenvalue weighted by Gasteiger charge is -2.05. The number of pyridine rings is 2. The van der Waals surface area contributed by atoms with Crippen LogP contribution in [-0.4, -0.2) is 9.97 Å². The summed E-state index contributed by atoms with van der Waals surface area (Å²) in [6.07, 6.45) is 3.61. The van der Waals surface area contributed by atoms with Crippen LogP contribution < -0.4 is 5.73 Å². The van der Waals surface area contributed by atoms with Gasteiger partial charge in [-0.1, -0.05) is 12.1 Å². The largest absolute Gasteiger partial charge is 0.383 e. The maximum atomic E-state index is 5.74. The van der Waals surface area contributed by atoms with E-state index < -0.39 is 0 Å². The van der Waals surface area contributed by atoms with Crippen LogP contribution >= 0.6 is 0 Å². The second-order valence-corrected chi connectivity index (χ2v) is 4.34. The highest BCUT2D eigenvalue weighted by molar-refractivity contribution is 5.84. The van der Waals surface area contributed by atoms with Gasteiger partial charge in [-0.3, -0.25) is 4.98 Å². The normalized spacial score (nSPS) is 10.7. The van der Waals surface area contributed by atoms with Gasteiger partial charge < -0.3 is 5.73 Å². The molecule has 3 nitrogen and oxygen atoms in total. The molecule has 3 rings (SSSR count). The molecule has 0 bridgehead atoms. The number of nitrogens with zero attached hydrogens (tertiary/aromatic N) is 2. The quantitative estimate of drug-likeness (QED) is 0.704. The predicted octanol–water partition coefficient (Wildman–Crippen LogP) is 3.19. The zero-order chi connectivity index (χ0) is 12.5. The zero-order valence-corrected chi connectivity index (χ0v) is 10.1. The fourth-order valence-corrected chi connectivity index (χ4v) is 2.00. The summed E-state index contributed by atoms with van der Waals surface area (Å²) in [6.45, 7) is 1.97. The van der Waals surface area contributed by atoms with Gasteiger partial charge in [0, 0.05) is 23.3 Å². The molecule has 2 heterocycles. The SMILES string of the molecule is Cc1cc(-c2ccc3ncccc3c2)cnc1N. The highest BCUT2D eigenvalue weighted by Gasteiger charge is 2.02. The maximum absolute atomic E-state index is 5.74. The van der Waals surface area contributed by atoms with E-state index in [0.29, 0.717) is 5.82 Å². The summed E-state index contributed by atoms with van der Waals surface area (Å²) in [5, 5.41) is 1.13. The van der Waals surface area contributed by atoms with E-state index in [4.69, 9.17) is 5.73 Å². The number of hydrogen-bond donors (Lipinski definition) is 1. The molecule has 2 N–H and O–H groups in total. The molecule has 0 saturated carbocycles. The molecule has 0 aliphatic rings. The molecule has 3 heteroatoms. The summed E-state index contributed by atoms with van der Waals surface area (Å²) in [6, 6.07) is 12.3. The van der Waals surface area contributed by atoms with Crippen LogP contribution in [0.5, 0.6) is 0 Å². The Hall–Kier alpha value is -2.42. The Morgan fingerprint density at radius 2 is 1.89 bits per heavy atom. The second kappa shape index (κ2) is 4.11. The van der Waals surface area contributed by atoms with Gasteiger partial charge in [-0.25, -0.2) is 4.98 Å². The molecule has 2 aromatic heterocycles. The Balaban J connectivity index is 2.16. The number of nitrogen functional groups attached to an aromatic ring is 1. The Labute approximate surface area is 105 Å². The van der Waals surface area contributed by atoms with Crippen molar-refractivity contribution in [1.82, 2.24) is 9.97 Å². The average molecular weight is 235 g/mol. The van der Waals surface area contributed by atoms with Crippen LogP contribution in [0.15, 0.2) is 48.8 Å². The van der Waals surface area contributed by atoms with Crippen LogP contribution in [0, 0.1) is 6.92 Å². The van der Waals surface area contributed by atoms with Crippen LogP contribution in [0.2, 0.25) is 0 Å². The van der Waals surface area contributed by atoms with Crippen LogP contribution in [0.25, 0.3) is 22.0 Å². The Morgan fingerprint density at radius 1 is 1.00 bits per heavy atom. The maximum Gasteiger partial charge on any atom is 0.126 e. The van der Waals surface area contributed by atoms with Crippen molar-refractivity contribution in [2.24, 2.45) is 0 Å². The van der Waals surface area contributed by atoms with E-state index in [1.165, 1.54) is 0 Å². The molecule has 0 saturated heterocycles. The van der Waals surface area contributed by atoms with Crippen molar-refractivity contribution in [2.75, 3.05) is 5.73 Å². The van der Waals surface area contributed by atoms with Crippen LogP contribution in [0.3, 0.4) is 0 Å². The number of aryl methyl sites for hydroxylation is 1. The molecule has 1 aromatic carbocycles. The fourth-order valence-electron chi connectivity index (χ4n) is 2.00. The molecule has 0 radical (unpaired) electrons. The molecule has 0 aliphatic carbocycles. The number of nitrogens with two attached hydrogens (primary N) is 1. The Kier molecular flexibility index (Phi) is 2.45. The fraction of sp³-hybridized carbons (Fsp3) is 0.0667. The molecule has 0 spiro atoms. The van der Waals surface area contributed by atoms with Gasteiger partial charge in [-0.2, -0.15) is 0 Å². The monoisotopic (exact) mass is 235 g/mol. The highest BCUT2D eigenvalue weighted by Crippen LogP contribution is 2.24. The van der Waals surface area contributed by atoms with Crippen molar-refractivity contribution >= 4 is 16.7 Å². The average Bonchev–Trinajstić information content (AvgIpc) is 2.41. The van der Waals surface area contributed by atoms with Crippen molar-refractivity contribution in [3.05, 3.63) is 54.4 Å². The highest BCUT2D eigenvalue weighted by atomic mass is 14.8. The third kappa shape index (κ3) is 1.80. The van der Waals surface area contributed by atoms with Crippen molar-refractivity contribution in [3.63, 3.8) is 0 Å². The summed E-state index contributed by atoms with van der Waals surface area (Å²) in [5.74, 6) is 0.584. The number of aromatic nitrogens is 2. The minimum Gasteiger partial charge on any atom is -0.383 e. The van der Waals surface area contributed by atoms with Gasteiger partial charge in [0.25, 0.3) is 0 Å². The summed E-state index contributed by atoms with van der Waals surface area (Å²) < 4.78 is 0. The van der Waals surface area contributed by atoms with Gasteiger partial charge >= 0.3 is 0 Å². The van der Waals surface area contributed by atoms with Gasteiger partial charge in [0.15, 0.2) is 0 Å². The lowest BCUT2D eigenvalue weighted by atomic mass is 10.0. The number of anilines is 1. The summed E-state index contributed by atoms with van der Waals surface area (Å²) >= 11 is 0. The Bertz CT molecular complexity index is 720. The van der Waals surface area contributed by atoms with Gasteiger partial charge in [0.1, 0.15) is 5.82 Å². The van der Waals surface area contributed by atoms with Crippen LogP contribution in [0.4, 0.5) is 5.82 Å². The van der Waals surface area contributed by atoms with E-state index in [-0.39, 0.29) is 0 Å². The number of fused-ring (bicyclic) bond motifs is 1. The first kappa shape index (κ1) is 10.7. The van der Waals surface area contributed by atoms with E-state index in [1.807, 2.05) is 19.1 Å². The van der Waals surface area contributed by atoms with Crippen molar-refractivity contribution < 1.29 is 0 Å². The summed E-state index contributed by atoms with van der Waals surface area (Å²) in [4.78, 5) is 8.51. The summed E-state index contributed by atoms with van der Waals surface area (Å²) in [7, 11) is 0. The molecular formula is C15H13N3. The van der Waals surface area contributed by atoms with Gasteiger partial charge in [-0.05, 0) is 42.3 Å². The van der Waals surface area contributed by atoms with Crippen LogP contribution in [0.1, 0.15) is 5.56 Å². The number of hydrogen-bond acceptors (Lipinski definition) is 3. The van der Waals surface area contributed by atoms with E-state index >= 15 is 0 Å². The van der Waals surface area contributed by atoms with E-state index in [0.717, 1.165) is 27.6 Å². The third-order valence-electron chi connectivity index (χ3n) is 3.06. The second-order valence-electron chi connectivity index (χ2n) is 4.34. The molecular weight excluding hydrogens is 222 g/mol. The molecule has 18 heavy (non-hydrogen) atoms. The van der Waals surface area contributed by atoms with Gasteiger partial charge in [0.05, 0.1) is 5.52 Å². The number of rotatable bonds is 1. The molecule has 0 atom stereocenters. The molecule has 88 valence electrons. The molecule has 0 unspecified atom stereocenters. The van der Waals surface area contributed by atoms with Gasteiger partial charge in [0.2, 0.25) is 0 Å². The third-order valence-corrected chi connectivity index (χ3v) is 3.06. The van der Waals surface area contributed by atoms with Crippen molar-refractivity contribution in [2.45, 2.75) is 6.92 Å². The number of benzene rings is 1. The van der Waals surface area contributed by atoms with E-state index in [2.05, 4.69) is 34.2 Å². The van der Waals surface area contributed by atoms with Crippen molar-refractivity contribution in [3.8, 4) is 11.1 Å². The minimum absolute atomic E-state index is 0.584. The molecule has 3 aromatic rings. The van der Waals surface area contributed by atoms with E-state index in [9.17, 15) is 0 Å². The lowest BCUT2D eigenvalue weighted by molar-refractivity contribution is 1.28. The topological polar surface area (TPSA) is 51.8 Å². The first-order valence-corrected chi connectivity index (χ1v) is 5.81. The van der Waals surface area contributed by atoms with Crippen LogP contribution in [-0.2, 0) is 0 Å². The molecule has 0 fully saturated rings. The molecule has 0 amide bonds. The van der Waals surface area contributed by atoms with Crippen molar-refractivity contribution in [1.29, 1.82) is 0 Å². The lowest BCUT2D eigenvalue weighted by Crippen LogP contribution is -1.94. The first-order valence-electron chi connectivity index (χ1n) is 5.81. The Morgan fingerprint density at radius 3 is 2.72 bits per heavy atom. The first-order chi connectivity index (χ1) is 8.74. The van der Waals surface area contributed by atoms with Gasteiger partial charge in [-0.15, -0.1) is 0 Å². The summed E-state index contributed by atoms with van der Waals surface area (Å²) in [5.41, 5.74) is 9.94. The smallest absolute Gasteiger partial charge is 0.126 e.